The lowest BCUT2D eigenvalue weighted by atomic mass is 10.2. The molecule has 0 aliphatic carbocycles. The molecule has 1 aromatic carbocycles. The van der Waals surface area contributed by atoms with Crippen molar-refractivity contribution in [2.75, 3.05) is 34.8 Å². The molecule has 2 heterocycles. The molecule has 22 heavy (non-hydrogen) atoms. The van der Waals surface area contributed by atoms with E-state index in [1.54, 1.807) is 12.4 Å². The maximum Gasteiger partial charge on any atom is 0.134 e. The summed E-state index contributed by atoms with van der Waals surface area (Å²) in [4.78, 5) is 10.8. The summed E-state index contributed by atoms with van der Waals surface area (Å²) in [6.45, 7) is 2.53. The largest absolute Gasteiger partial charge is 0.366 e. The van der Waals surface area contributed by atoms with Crippen molar-refractivity contribution in [1.29, 1.82) is 0 Å². The smallest absolute Gasteiger partial charge is 0.134 e. The molecule has 0 saturated carbocycles. The third-order valence-corrected chi connectivity index (χ3v) is 5.17. The van der Waals surface area contributed by atoms with Crippen LogP contribution in [0.3, 0.4) is 0 Å². The van der Waals surface area contributed by atoms with E-state index in [1.165, 1.54) is 12.1 Å². The van der Waals surface area contributed by atoms with Crippen molar-refractivity contribution >= 4 is 39.3 Å². The Balaban J connectivity index is 1.68. The lowest BCUT2D eigenvalue weighted by Crippen LogP contribution is -2.33. The molecule has 0 bridgehead atoms. The van der Waals surface area contributed by atoms with Gasteiger partial charge in [0.1, 0.15) is 23.8 Å². The first-order valence-electron chi connectivity index (χ1n) is 7.05. The molecule has 0 radical (unpaired) electrons. The average molecular weight is 383 g/mol. The molecule has 116 valence electrons. The van der Waals surface area contributed by atoms with Gasteiger partial charge in [-0.05, 0) is 23.8 Å². The molecule has 1 N–H and O–H groups in total. The van der Waals surface area contributed by atoms with Gasteiger partial charge in [0.15, 0.2) is 0 Å². The van der Waals surface area contributed by atoms with Crippen LogP contribution < -0.4 is 10.2 Å². The Hall–Kier alpha value is -1.34. The predicted octanol–water partition coefficient (Wildman–Crippen LogP) is 3.54. The van der Waals surface area contributed by atoms with E-state index in [0.717, 1.165) is 46.3 Å². The minimum absolute atomic E-state index is 0.241. The van der Waals surface area contributed by atoms with Gasteiger partial charge in [0.25, 0.3) is 0 Å². The highest BCUT2D eigenvalue weighted by Gasteiger charge is 2.13. The van der Waals surface area contributed by atoms with Gasteiger partial charge in [-0.3, -0.25) is 0 Å². The number of nitrogens with one attached hydrogen (secondary N) is 1. The van der Waals surface area contributed by atoms with Crippen molar-refractivity contribution in [3.05, 3.63) is 46.4 Å². The van der Waals surface area contributed by atoms with Crippen molar-refractivity contribution in [3.63, 3.8) is 0 Å². The van der Waals surface area contributed by atoms with E-state index < -0.39 is 0 Å². The summed E-state index contributed by atoms with van der Waals surface area (Å²) >= 11 is 5.40. The normalized spacial score (nSPS) is 14.9. The molecule has 1 saturated heterocycles. The zero-order chi connectivity index (χ0) is 15.4. The second-order valence-electron chi connectivity index (χ2n) is 4.95. The van der Waals surface area contributed by atoms with E-state index in [1.807, 2.05) is 17.8 Å². The number of thioether (sulfide) groups is 1. The average Bonchev–Trinajstić information content (AvgIpc) is 2.57. The molecule has 1 aromatic heterocycles. The first-order chi connectivity index (χ1) is 10.7. The summed E-state index contributed by atoms with van der Waals surface area (Å²) in [5, 5.41) is 3.23. The predicted molar refractivity (Wildman–Crippen MR) is 93.0 cm³/mol. The van der Waals surface area contributed by atoms with E-state index in [4.69, 9.17) is 0 Å². The highest BCUT2D eigenvalue weighted by Crippen LogP contribution is 2.21. The zero-order valence-corrected chi connectivity index (χ0v) is 14.3. The Morgan fingerprint density at radius 2 is 2.05 bits per heavy atom. The number of nitrogens with zero attached hydrogens (tertiary/aromatic N) is 3. The van der Waals surface area contributed by atoms with E-state index in [2.05, 4.69) is 36.1 Å². The molecule has 1 fully saturated rings. The summed E-state index contributed by atoms with van der Waals surface area (Å²) in [5.74, 6) is 3.70. The summed E-state index contributed by atoms with van der Waals surface area (Å²) < 4.78 is 14.2. The number of aromatic nitrogens is 2. The van der Waals surface area contributed by atoms with Crippen molar-refractivity contribution in [1.82, 2.24) is 9.97 Å². The molecule has 0 atom stereocenters. The Bertz CT molecular complexity index is 649. The van der Waals surface area contributed by atoms with Gasteiger partial charge in [-0.15, -0.1) is 0 Å². The molecule has 4 nitrogen and oxygen atoms in total. The molecule has 1 aliphatic rings. The van der Waals surface area contributed by atoms with E-state index in [9.17, 15) is 4.39 Å². The van der Waals surface area contributed by atoms with E-state index in [0.29, 0.717) is 6.54 Å². The van der Waals surface area contributed by atoms with Crippen molar-refractivity contribution in [3.8, 4) is 0 Å². The molecule has 3 rings (SSSR count). The van der Waals surface area contributed by atoms with Crippen molar-refractivity contribution in [2.45, 2.75) is 6.54 Å². The SMILES string of the molecule is Fc1ccc(Br)c(CNc2cc(N3CCSCC3)ncn2)c1. The van der Waals surface area contributed by atoms with Gasteiger partial charge in [0.05, 0.1) is 0 Å². The fourth-order valence-electron chi connectivity index (χ4n) is 2.27. The van der Waals surface area contributed by atoms with Crippen LogP contribution in [0.25, 0.3) is 0 Å². The van der Waals surface area contributed by atoms with Crippen LogP contribution >= 0.6 is 27.7 Å². The number of anilines is 2. The maximum atomic E-state index is 13.3. The summed E-state index contributed by atoms with van der Waals surface area (Å²) in [6, 6.07) is 6.61. The zero-order valence-electron chi connectivity index (χ0n) is 11.9. The van der Waals surface area contributed by atoms with Gasteiger partial charge < -0.3 is 10.2 Å². The fraction of sp³-hybridized carbons (Fsp3) is 0.333. The standard InChI is InChI=1S/C15H16BrFN4S/c16-13-2-1-12(17)7-11(13)9-18-14-8-15(20-10-19-14)21-3-5-22-6-4-21/h1-2,7-8,10H,3-6,9H2,(H,18,19,20). The topological polar surface area (TPSA) is 41.0 Å². The molecular formula is C15H16BrFN4S. The van der Waals surface area contributed by atoms with Gasteiger partial charge in [-0.2, -0.15) is 11.8 Å². The second kappa shape index (κ2) is 7.28. The quantitative estimate of drug-likeness (QED) is 0.875. The van der Waals surface area contributed by atoms with Crippen LogP contribution in [0.4, 0.5) is 16.0 Å². The van der Waals surface area contributed by atoms with Crippen molar-refractivity contribution < 1.29 is 4.39 Å². The van der Waals surface area contributed by atoms with Crippen LogP contribution in [0.2, 0.25) is 0 Å². The number of rotatable bonds is 4. The van der Waals surface area contributed by atoms with Crippen LogP contribution in [0.5, 0.6) is 0 Å². The molecule has 0 amide bonds. The summed E-state index contributed by atoms with van der Waals surface area (Å²) in [6.07, 6.45) is 1.57. The molecule has 0 unspecified atom stereocenters. The second-order valence-corrected chi connectivity index (χ2v) is 7.03. The van der Waals surface area contributed by atoms with Crippen LogP contribution in [-0.2, 0) is 6.54 Å². The van der Waals surface area contributed by atoms with Gasteiger partial charge in [-0.1, -0.05) is 15.9 Å². The minimum Gasteiger partial charge on any atom is -0.366 e. The molecular weight excluding hydrogens is 367 g/mol. The highest BCUT2D eigenvalue weighted by atomic mass is 79.9. The first-order valence-corrected chi connectivity index (χ1v) is 9.00. The molecule has 2 aromatic rings. The number of halogens is 2. The summed E-state index contributed by atoms with van der Waals surface area (Å²) in [5.41, 5.74) is 0.856. The number of hydrogen-bond donors (Lipinski definition) is 1. The van der Waals surface area contributed by atoms with Gasteiger partial charge >= 0.3 is 0 Å². The van der Waals surface area contributed by atoms with E-state index in [-0.39, 0.29) is 5.82 Å². The Labute approximate surface area is 141 Å². The van der Waals surface area contributed by atoms with Crippen LogP contribution in [0.1, 0.15) is 5.56 Å². The van der Waals surface area contributed by atoms with Gasteiger partial charge in [-0.25, -0.2) is 14.4 Å². The van der Waals surface area contributed by atoms with E-state index >= 15 is 0 Å². The Morgan fingerprint density at radius 3 is 2.86 bits per heavy atom. The van der Waals surface area contributed by atoms with Crippen LogP contribution in [0, 0.1) is 5.82 Å². The summed E-state index contributed by atoms with van der Waals surface area (Å²) in [7, 11) is 0. The Kier molecular flexibility index (Phi) is 5.15. The maximum absolute atomic E-state index is 13.3. The van der Waals surface area contributed by atoms with Crippen molar-refractivity contribution in [2.24, 2.45) is 0 Å². The van der Waals surface area contributed by atoms with Crippen LogP contribution in [0.15, 0.2) is 35.1 Å². The number of hydrogen-bond acceptors (Lipinski definition) is 5. The third kappa shape index (κ3) is 3.89. The first kappa shape index (κ1) is 15.6. The van der Waals surface area contributed by atoms with Gasteiger partial charge in [0.2, 0.25) is 0 Å². The lowest BCUT2D eigenvalue weighted by molar-refractivity contribution is 0.625. The minimum atomic E-state index is -0.241. The number of benzene rings is 1. The lowest BCUT2D eigenvalue weighted by Gasteiger charge is -2.27. The third-order valence-electron chi connectivity index (χ3n) is 3.46. The molecule has 7 heteroatoms. The Morgan fingerprint density at radius 1 is 1.23 bits per heavy atom. The fourth-order valence-corrected chi connectivity index (χ4v) is 3.56. The monoisotopic (exact) mass is 382 g/mol. The highest BCUT2D eigenvalue weighted by molar-refractivity contribution is 9.10. The molecule has 0 spiro atoms. The molecule has 1 aliphatic heterocycles. The van der Waals surface area contributed by atoms with Gasteiger partial charge in [0, 0.05) is 41.7 Å². The van der Waals surface area contributed by atoms with Crippen LogP contribution in [-0.4, -0.2) is 34.6 Å².